The van der Waals surface area contributed by atoms with E-state index in [9.17, 15) is 14.9 Å². The van der Waals surface area contributed by atoms with Crippen LogP contribution >= 0.6 is 11.3 Å². The number of ether oxygens (including phenoxy) is 2. The van der Waals surface area contributed by atoms with Gasteiger partial charge in [0.1, 0.15) is 28.0 Å². The van der Waals surface area contributed by atoms with Crippen LogP contribution in [-0.4, -0.2) is 25.6 Å². The number of carbonyl (C=O) groups is 2. The minimum atomic E-state index is -0.605. The molecular formula is C25H22N2O4S. The molecule has 32 heavy (non-hydrogen) atoms. The predicted octanol–water partition coefficient (Wildman–Crippen LogP) is 5.45. The molecule has 0 unspecified atom stereocenters. The first-order chi connectivity index (χ1) is 15.5. The molecule has 0 atom stereocenters. The smallest absolute Gasteiger partial charge is 0.341 e. The van der Waals surface area contributed by atoms with E-state index in [1.165, 1.54) is 17.4 Å². The lowest BCUT2D eigenvalue weighted by atomic mass is 10.0. The number of benzene rings is 2. The molecule has 0 aliphatic carbocycles. The number of nitrogens with zero attached hydrogens (tertiary/aromatic N) is 1. The van der Waals surface area contributed by atoms with Crippen LogP contribution in [0.3, 0.4) is 0 Å². The van der Waals surface area contributed by atoms with Gasteiger partial charge >= 0.3 is 5.97 Å². The quantitative estimate of drug-likeness (QED) is 0.296. The van der Waals surface area contributed by atoms with Crippen molar-refractivity contribution in [1.29, 1.82) is 5.26 Å². The SMILES string of the molecule is CCOC(=O)c1c(-c2ccc(C)cc2)csc1NC(=O)/C(C#N)=C/c1ccc(OC)cc1. The van der Waals surface area contributed by atoms with E-state index in [0.29, 0.717) is 21.9 Å². The van der Waals surface area contributed by atoms with E-state index in [1.54, 1.807) is 43.7 Å². The molecule has 0 saturated carbocycles. The predicted molar refractivity (Wildman–Crippen MR) is 126 cm³/mol. The van der Waals surface area contributed by atoms with E-state index in [1.807, 2.05) is 37.3 Å². The summed E-state index contributed by atoms with van der Waals surface area (Å²) in [6.45, 7) is 3.91. The highest BCUT2D eigenvalue weighted by atomic mass is 32.1. The van der Waals surface area contributed by atoms with Gasteiger partial charge in [-0.15, -0.1) is 11.3 Å². The second-order valence-corrected chi connectivity index (χ2v) is 7.72. The van der Waals surface area contributed by atoms with E-state index in [4.69, 9.17) is 9.47 Å². The minimum absolute atomic E-state index is 0.0877. The van der Waals surface area contributed by atoms with E-state index >= 15 is 0 Å². The number of hydrogen-bond donors (Lipinski definition) is 1. The third-order valence-corrected chi connectivity index (χ3v) is 5.55. The summed E-state index contributed by atoms with van der Waals surface area (Å²) in [7, 11) is 1.56. The molecule has 3 rings (SSSR count). The fourth-order valence-corrected chi connectivity index (χ4v) is 3.94. The van der Waals surface area contributed by atoms with Crippen LogP contribution in [0.4, 0.5) is 5.00 Å². The normalized spacial score (nSPS) is 10.9. The van der Waals surface area contributed by atoms with Crippen LogP contribution in [0.5, 0.6) is 5.75 Å². The van der Waals surface area contributed by atoms with Crippen LogP contribution in [0.25, 0.3) is 17.2 Å². The molecule has 0 spiro atoms. The third kappa shape index (κ3) is 5.23. The van der Waals surface area contributed by atoms with Crippen molar-refractivity contribution >= 4 is 34.3 Å². The molecule has 0 fully saturated rings. The molecular weight excluding hydrogens is 424 g/mol. The van der Waals surface area contributed by atoms with Gasteiger partial charge in [0.2, 0.25) is 0 Å². The molecule has 0 aliphatic heterocycles. The van der Waals surface area contributed by atoms with Gasteiger partial charge in [-0.05, 0) is 43.2 Å². The van der Waals surface area contributed by atoms with E-state index in [0.717, 1.165) is 11.1 Å². The second kappa shape index (κ2) is 10.4. The maximum absolute atomic E-state index is 12.8. The van der Waals surface area contributed by atoms with Gasteiger partial charge in [0.05, 0.1) is 13.7 Å². The first-order valence-electron chi connectivity index (χ1n) is 9.89. The number of amides is 1. The first-order valence-corrected chi connectivity index (χ1v) is 10.8. The monoisotopic (exact) mass is 446 g/mol. The van der Waals surface area contributed by atoms with Gasteiger partial charge < -0.3 is 14.8 Å². The fourth-order valence-electron chi connectivity index (χ4n) is 2.99. The molecule has 0 saturated heterocycles. The van der Waals surface area contributed by atoms with Crippen molar-refractivity contribution in [1.82, 2.24) is 0 Å². The largest absolute Gasteiger partial charge is 0.497 e. The standard InChI is InChI=1S/C25H22N2O4S/c1-4-31-25(29)22-21(18-9-5-16(2)6-10-18)15-32-24(22)27-23(28)19(14-26)13-17-7-11-20(30-3)12-8-17/h5-13,15H,4H2,1-3H3,(H,27,28)/b19-13+. The second-order valence-electron chi connectivity index (χ2n) is 6.84. The summed E-state index contributed by atoms with van der Waals surface area (Å²) < 4.78 is 10.3. The molecule has 0 bridgehead atoms. The van der Waals surface area contributed by atoms with Crippen molar-refractivity contribution in [3.63, 3.8) is 0 Å². The van der Waals surface area contributed by atoms with Crippen LogP contribution in [-0.2, 0) is 9.53 Å². The van der Waals surface area contributed by atoms with Gasteiger partial charge in [0.25, 0.3) is 5.91 Å². The molecule has 1 amide bonds. The number of aryl methyl sites for hydroxylation is 1. The Morgan fingerprint density at radius 1 is 1.12 bits per heavy atom. The first kappa shape index (κ1) is 22.8. The van der Waals surface area contributed by atoms with Crippen LogP contribution in [0.1, 0.15) is 28.4 Å². The van der Waals surface area contributed by atoms with Gasteiger partial charge in [-0.3, -0.25) is 4.79 Å². The zero-order valence-electron chi connectivity index (χ0n) is 18.0. The molecule has 6 nitrogen and oxygen atoms in total. The lowest BCUT2D eigenvalue weighted by Gasteiger charge is -2.09. The highest BCUT2D eigenvalue weighted by Crippen LogP contribution is 2.36. The Kier molecular flexibility index (Phi) is 7.42. The molecule has 1 N–H and O–H groups in total. The average Bonchev–Trinajstić information content (AvgIpc) is 3.22. The summed E-state index contributed by atoms with van der Waals surface area (Å²) in [5, 5.41) is 14.4. The summed E-state index contributed by atoms with van der Waals surface area (Å²) in [5.74, 6) is -0.463. The van der Waals surface area contributed by atoms with Crippen LogP contribution < -0.4 is 10.1 Å². The van der Waals surface area contributed by atoms with E-state index < -0.39 is 11.9 Å². The van der Waals surface area contributed by atoms with Crippen molar-refractivity contribution in [2.45, 2.75) is 13.8 Å². The van der Waals surface area contributed by atoms with Gasteiger partial charge in [-0.1, -0.05) is 42.0 Å². The molecule has 7 heteroatoms. The Morgan fingerprint density at radius 2 is 1.81 bits per heavy atom. The Balaban J connectivity index is 1.93. The third-order valence-electron chi connectivity index (χ3n) is 4.65. The molecule has 0 aliphatic rings. The number of rotatable bonds is 7. The lowest BCUT2D eigenvalue weighted by Crippen LogP contribution is -2.16. The highest BCUT2D eigenvalue weighted by Gasteiger charge is 2.23. The summed E-state index contributed by atoms with van der Waals surface area (Å²) in [5.41, 5.74) is 3.46. The number of nitrogens with one attached hydrogen (secondary N) is 1. The minimum Gasteiger partial charge on any atom is -0.497 e. The number of nitriles is 1. The maximum Gasteiger partial charge on any atom is 0.341 e. The maximum atomic E-state index is 12.8. The molecule has 1 heterocycles. The highest BCUT2D eigenvalue weighted by molar-refractivity contribution is 7.15. The van der Waals surface area contributed by atoms with Crippen LogP contribution in [0.2, 0.25) is 0 Å². The summed E-state index contributed by atoms with van der Waals surface area (Å²) in [6, 6.07) is 16.6. The van der Waals surface area contributed by atoms with Gasteiger partial charge in [-0.25, -0.2) is 4.79 Å². The van der Waals surface area contributed by atoms with E-state index in [2.05, 4.69) is 5.32 Å². The lowest BCUT2D eigenvalue weighted by molar-refractivity contribution is -0.112. The van der Waals surface area contributed by atoms with Crippen molar-refractivity contribution in [3.8, 4) is 22.9 Å². The van der Waals surface area contributed by atoms with Gasteiger partial charge in [0, 0.05) is 10.9 Å². The molecule has 0 radical (unpaired) electrons. The number of anilines is 1. The summed E-state index contributed by atoms with van der Waals surface area (Å²) in [6.07, 6.45) is 1.48. The number of esters is 1. The number of carbonyl (C=O) groups excluding carboxylic acids is 2. The number of hydrogen-bond acceptors (Lipinski definition) is 6. The topological polar surface area (TPSA) is 88.4 Å². The van der Waals surface area contributed by atoms with E-state index in [-0.39, 0.29) is 17.7 Å². The Hall–Kier alpha value is -3.89. The molecule has 1 aromatic heterocycles. The van der Waals surface area contributed by atoms with Gasteiger partial charge in [0.15, 0.2) is 0 Å². The number of thiophene rings is 1. The molecule has 2 aromatic carbocycles. The average molecular weight is 447 g/mol. The van der Waals surface area contributed by atoms with Gasteiger partial charge in [-0.2, -0.15) is 5.26 Å². The van der Waals surface area contributed by atoms with Crippen molar-refractivity contribution in [3.05, 3.63) is 76.2 Å². The Labute approximate surface area is 190 Å². The molecule has 162 valence electrons. The fraction of sp³-hybridized carbons (Fsp3) is 0.160. The van der Waals surface area contributed by atoms with Crippen LogP contribution in [0.15, 0.2) is 59.5 Å². The van der Waals surface area contributed by atoms with Crippen LogP contribution in [0, 0.1) is 18.3 Å². The zero-order valence-corrected chi connectivity index (χ0v) is 18.8. The Morgan fingerprint density at radius 3 is 2.41 bits per heavy atom. The zero-order chi connectivity index (χ0) is 23.1. The van der Waals surface area contributed by atoms with Crippen molar-refractivity contribution in [2.75, 3.05) is 19.0 Å². The van der Waals surface area contributed by atoms with Crippen molar-refractivity contribution in [2.24, 2.45) is 0 Å². The number of methoxy groups -OCH3 is 1. The summed E-state index contributed by atoms with van der Waals surface area (Å²) >= 11 is 1.21. The Bertz CT molecular complexity index is 1190. The summed E-state index contributed by atoms with van der Waals surface area (Å²) in [4.78, 5) is 25.5. The molecule has 3 aromatic rings. The van der Waals surface area contributed by atoms with Crippen molar-refractivity contribution < 1.29 is 19.1 Å².